The molecule has 1 heterocycles. The standard InChI is InChI=1S/C28H27ClFN3O2/c1-20(22-8-13-25(26(30)16-22)21-6-4-3-5-7-21)27(34)32(2)17-28(35,18-33-15-14-31-19-33)23-9-11-24(29)12-10-23/h3-16,19-20,35H,17-18H2,1-2H3/t20-,28+/m0/s1. The minimum atomic E-state index is -1.39. The average molecular weight is 492 g/mol. The average Bonchev–Trinajstić information content (AvgIpc) is 3.36. The Morgan fingerprint density at radius 2 is 1.86 bits per heavy atom. The lowest BCUT2D eigenvalue weighted by atomic mass is 9.91. The molecule has 0 aliphatic heterocycles. The van der Waals surface area contributed by atoms with Crippen LogP contribution < -0.4 is 0 Å². The van der Waals surface area contributed by atoms with E-state index in [-0.39, 0.29) is 24.8 Å². The highest BCUT2D eigenvalue weighted by molar-refractivity contribution is 6.30. The van der Waals surface area contributed by atoms with Crippen LogP contribution in [0, 0.1) is 5.82 Å². The number of imidazole rings is 1. The van der Waals surface area contributed by atoms with Crippen molar-refractivity contribution < 1.29 is 14.3 Å². The van der Waals surface area contributed by atoms with Crippen molar-refractivity contribution in [3.63, 3.8) is 0 Å². The number of carbonyl (C=O) groups excluding carboxylic acids is 1. The highest BCUT2D eigenvalue weighted by Crippen LogP contribution is 2.29. The Bertz CT molecular complexity index is 1280. The van der Waals surface area contributed by atoms with E-state index in [2.05, 4.69) is 4.98 Å². The molecule has 35 heavy (non-hydrogen) atoms. The summed E-state index contributed by atoms with van der Waals surface area (Å²) in [6, 6.07) is 21.1. The third kappa shape index (κ3) is 5.61. The van der Waals surface area contributed by atoms with Gasteiger partial charge in [-0.1, -0.05) is 66.2 Å². The number of rotatable bonds is 8. The quantitative estimate of drug-likeness (QED) is 0.354. The minimum Gasteiger partial charge on any atom is -0.381 e. The number of amides is 1. The van der Waals surface area contributed by atoms with Crippen molar-refractivity contribution in [2.45, 2.75) is 25.0 Å². The fourth-order valence-electron chi connectivity index (χ4n) is 4.27. The molecule has 0 unspecified atom stereocenters. The number of aliphatic hydroxyl groups is 1. The Labute approximate surface area is 209 Å². The molecule has 2 atom stereocenters. The van der Waals surface area contributed by atoms with Gasteiger partial charge in [-0.3, -0.25) is 4.79 Å². The SMILES string of the molecule is C[C@H](C(=O)N(C)C[C@@](O)(Cn1ccnc1)c1ccc(Cl)cc1)c1ccc(-c2ccccc2)c(F)c1. The summed E-state index contributed by atoms with van der Waals surface area (Å²) in [6.45, 7) is 1.97. The van der Waals surface area contributed by atoms with Gasteiger partial charge in [-0.2, -0.15) is 0 Å². The summed E-state index contributed by atoms with van der Waals surface area (Å²) in [4.78, 5) is 18.9. The Balaban J connectivity index is 1.55. The maximum absolute atomic E-state index is 14.9. The summed E-state index contributed by atoms with van der Waals surface area (Å²) in [5.74, 6) is -1.20. The Kier molecular flexibility index (Phi) is 7.34. The minimum absolute atomic E-state index is 0.0283. The third-order valence-corrected chi connectivity index (χ3v) is 6.46. The first kappa shape index (κ1) is 24.6. The molecule has 0 radical (unpaired) electrons. The molecule has 0 bridgehead atoms. The largest absolute Gasteiger partial charge is 0.381 e. The first-order valence-corrected chi connectivity index (χ1v) is 11.7. The summed E-state index contributed by atoms with van der Waals surface area (Å²) in [7, 11) is 1.64. The predicted molar refractivity (Wildman–Crippen MR) is 135 cm³/mol. The van der Waals surface area contributed by atoms with Gasteiger partial charge >= 0.3 is 0 Å². The number of benzene rings is 3. The molecule has 0 saturated heterocycles. The van der Waals surface area contributed by atoms with Gasteiger partial charge in [-0.15, -0.1) is 0 Å². The highest BCUT2D eigenvalue weighted by atomic mass is 35.5. The van der Waals surface area contributed by atoms with Crippen molar-refractivity contribution in [3.8, 4) is 11.1 Å². The maximum Gasteiger partial charge on any atom is 0.229 e. The summed E-state index contributed by atoms with van der Waals surface area (Å²) in [6.07, 6.45) is 5.00. The van der Waals surface area contributed by atoms with Crippen molar-refractivity contribution in [2.75, 3.05) is 13.6 Å². The summed E-state index contributed by atoms with van der Waals surface area (Å²) in [5, 5.41) is 12.2. The van der Waals surface area contributed by atoms with E-state index >= 15 is 0 Å². The highest BCUT2D eigenvalue weighted by Gasteiger charge is 2.34. The molecule has 7 heteroatoms. The number of hydrogen-bond donors (Lipinski definition) is 1. The number of aromatic nitrogens is 2. The number of halogens is 2. The molecule has 0 fully saturated rings. The second kappa shape index (κ2) is 10.4. The molecule has 1 amide bonds. The lowest BCUT2D eigenvalue weighted by Gasteiger charge is -2.34. The smallest absolute Gasteiger partial charge is 0.229 e. The van der Waals surface area contributed by atoms with Crippen LogP contribution in [0.5, 0.6) is 0 Å². The molecule has 4 aromatic rings. The van der Waals surface area contributed by atoms with Gasteiger partial charge in [0.05, 0.1) is 25.3 Å². The van der Waals surface area contributed by atoms with Crippen LogP contribution >= 0.6 is 11.6 Å². The van der Waals surface area contributed by atoms with Crippen LogP contribution in [0.15, 0.2) is 91.5 Å². The van der Waals surface area contributed by atoms with E-state index in [0.717, 1.165) is 5.56 Å². The van der Waals surface area contributed by atoms with Crippen LogP contribution in [0.2, 0.25) is 5.02 Å². The van der Waals surface area contributed by atoms with E-state index in [0.29, 0.717) is 21.7 Å². The normalized spacial score (nSPS) is 13.7. The molecular formula is C28H27ClFN3O2. The van der Waals surface area contributed by atoms with Gasteiger partial charge < -0.3 is 14.6 Å². The van der Waals surface area contributed by atoms with Gasteiger partial charge in [0.25, 0.3) is 0 Å². The molecular weight excluding hydrogens is 465 g/mol. The van der Waals surface area contributed by atoms with Gasteiger partial charge in [0.2, 0.25) is 5.91 Å². The number of likely N-dealkylation sites (N-methyl/N-ethyl adjacent to an activating group) is 1. The van der Waals surface area contributed by atoms with Gasteiger partial charge in [0.1, 0.15) is 11.4 Å². The lowest BCUT2D eigenvalue weighted by molar-refractivity contribution is -0.135. The van der Waals surface area contributed by atoms with Gasteiger partial charge in [0, 0.05) is 30.0 Å². The monoisotopic (exact) mass is 491 g/mol. The molecule has 1 N–H and O–H groups in total. The van der Waals surface area contributed by atoms with Crippen molar-refractivity contribution in [3.05, 3.63) is 113 Å². The molecule has 0 spiro atoms. The van der Waals surface area contributed by atoms with Crippen LogP contribution in [-0.2, 0) is 16.9 Å². The van der Waals surface area contributed by atoms with Crippen LogP contribution in [-0.4, -0.2) is 39.1 Å². The lowest BCUT2D eigenvalue weighted by Crippen LogP contribution is -2.45. The first-order valence-electron chi connectivity index (χ1n) is 11.3. The molecule has 0 aliphatic rings. The molecule has 3 aromatic carbocycles. The van der Waals surface area contributed by atoms with E-state index in [9.17, 15) is 14.3 Å². The van der Waals surface area contributed by atoms with E-state index in [1.165, 1.54) is 11.0 Å². The molecule has 0 saturated carbocycles. The van der Waals surface area contributed by atoms with E-state index < -0.39 is 11.5 Å². The molecule has 5 nitrogen and oxygen atoms in total. The zero-order valence-corrected chi connectivity index (χ0v) is 20.4. The van der Waals surface area contributed by atoms with Crippen LogP contribution in [0.4, 0.5) is 4.39 Å². The third-order valence-electron chi connectivity index (χ3n) is 6.21. The van der Waals surface area contributed by atoms with Crippen molar-refractivity contribution in [1.29, 1.82) is 0 Å². The summed E-state index contributed by atoms with van der Waals surface area (Å²) >= 11 is 6.04. The molecule has 0 aliphatic carbocycles. The van der Waals surface area contributed by atoms with Gasteiger partial charge in [0.15, 0.2) is 0 Å². The molecule has 4 rings (SSSR count). The number of carbonyl (C=O) groups is 1. The van der Waals surface area contributed by atoms with Gasteiger partial charge in [-0.05, 0) is 41.8 Å². The number of nitrogens with zero attached hydrogens (tertiary/aromatic N) is 3. The second-order valence-electron chi connectivity index (χ2n) is 8.79. The fourth-order valence-corrected chi connectivity index (χ4v) is 4.40. The Morgan fingerprint density at radius 1 is 1.14 bits per heavy atom. The summed E-state index contributed by atoms with van der Waals surface area (Å²) in [5.41, 5.74) is 1.07. The zero-order valence-electron chi connectivity index (χ0n) is 19.6. The summed E-state index contributed by atoms with van der Waals surface area (Å²) < 4.78 is 16.7. The predicted octanol–water partition coefficient (Wildman–Crippen LogP) is 5.49. The van der Waals surface area contributed by atoms with Crippen LogP contribution in [0.1, 0.15) is 24.0 Å². The van der Waals surface area contributed by atoms with E-state index in [4.69, 9.17) is 11.6 Å². The van der Waals surface area contributed by atoms with Crippen LogP contribution in [0.3, 0.4) is 0 Å². The molecule has 180 valence electrons. The van der Waals surface area contributed by atoms with Crippen molar-refractivity contribution in [2.24, 2.45) is 0 Å². The topological polar surface area (TPSA) is 58.4 Å². The molecule has 1 aromatic heterocycles. The van der Waals surface area contributed by atoms with Crippen molar-refractivity contribution >= 4 is 17.5 Å². The van der Waals surface area contributed by atoms with E-state index in [1.807, 2.05) is 30.3 Å². The Morgan fingerprint density at radius 3 is 2.49 bits per heavy atom. The fraction of sp³-hybridized carbons (Fsp3) is 0.214. The van der Waals surface area contributed by atoms with Gasteiger partial charge in [-0.25, -0.2) is 9.37 Å². The zero-order chi connectivity index (χ0) is 25.0. The van der Waals surface area contributed by atoms with E-state index in [1.54, 1.807) is 73.7 Å². The Hall–Kier alpha value is -3.48. The second-order valence-corrected chi connectivity index (χ2v) is 9.23. The van der Waals surface area contributed by atoms with Crippen LogP contribution in [0.25, 0.3) is 11.1 Å². The first-order chi connectivity index (χ1) is 16.8. The maximum atomic E-state index is 14.9. The number of hydrogen-bond acceptors (Lipinski definition) is 3. The van der Waals surface area contributed by atoms with Crippen molar-refractivity contribution in [1.82, 2.24) is 14.5 Å².